The van der Waals surface area contributed by atoms with Gasteiger partial charge in [0.2, 0.25) is 10.0 Å². The Kier molecular flexibility index (Phi) is 4.34. The van der Waals surface area contributed by atoms with Crippen molar-refractivity contribution in [3.8, 4) is 0 Å². The van der Waals surface area contributed by atoms with E-state index in [0.717, 1.165) is 18.5 Å². The number of nitrogens with two attached hydrogens (primary N) is 1. The van der Waals surface area contributed by atoms with Crippen molar-refractivity contribution in [3.05, 3.63) is 24.3 Å². The molecule has 7 heteroatoms. The number of hydrogen-bond donors (Lipinski definition) is 2. The Morgan fingerprint density at radius 3 is 2.81 bits per heavy atom. The summed E-state index contributed by atoms with van der Waals surface area (Å²) in [4.78, 5) is 3.30. The summed E-state index contributed by atoms with van der Waals surface area (Å²) in [5.41, 5.74) is 5.36. The second-order valence-corrected chi connectivity index (χ2v) is 5.30. The van der Waals surface area contributed by atoms with Crippen molar-refractivity contribution in [2.75, 3.05) is 13.1 Å². The van der Waals surface area contributed by atoms with Crippen LogP contribution in [0.2, 0.25) is 0 Å². The van der Waals surface area contributed by atoms with Gasteiger partial charge in [-0.25, -0.2) is 17.5 Å². The molecule has 0 saturated carbocycles. The summed E-state index contributed by atoms with van der Waals surface area (Å²) in [6.07, 6.45) is 2.04. The highest BCUT2D eigenvalue weighted by molar-refractivity contribution is 7.89. The first-order chi connectivity index (χ1) is 7.45. The zero-order valence-electron chi connectivity index (χ0n) is 8.85. The second kappa shape index (κ2) is 5.33. The number of sulfonamides is 1. The summed E-state index contributed by atoms with van der Waals surface area (Å²) >= 11 is 0. The third kappa shape index (κ3) is 3.51. The zero-order chi connectivity index (χ0) is 12.2. The highest BCUT2D eigenvalue weighted by Crippen LogP contribution is 2.08. The molecule has 0 radical (unpaired) electrons. The second-order valence-electron chi connectivity index (χ2n) is 3.53. The molecule has 0 aromatic carbocycles. The van der Waals surface area contributed by atoms with Gasteiger partial charge in [0.05, 0.1) is 6.20 Å². The van der Waals surface area contributed by atoms with E-state index in [4.69, 9.17) is 5.73 Å². The van der Waals surface area contributed by atoms with Crippen LogP contribution in [-0.4, -0.2) is 26.5 Å². The maximum absolute atomic E-state index is 12.8. The minimum absolute atomic E-state index is 0.0243. The van der Waals surface area contributed by atoms with E-state index < -0.39 is 15.8 Å². The Bertz CT molecular complexity index is 450. The summed E-state index contributed by atoms with van der Waals surface area (Å²) < 4.78 is 38.4. The molecule has 1 atom stereocenters. The van der Waals surface area contributed by atoms with Gasteiger partial charge in [0, 0.05) is 12.7 Å². The van der Waals surface area contributed by atoms with Crippen LogP contribution in [0.25, 0.3) is 0 Å². The van der Waals surface area contributed by atoms with E-state index in [1.165, 1.54) is 0 Å². The molecule has 1 heterocycles. The quantitative estimate of drug-likeness (QED) is 0.772. The molecular weight excluding hydrogens is 233 g/mol. The lowest BCUT2D eigenvalue weighted by Crippen LogP contribution is -2.31. The maximum atomic E-state index is 12.8. The molecular formula is C9H14FN3O2S. The standard InChI is InChI=1S/C9H14FN3O2S/c1-7(3-11)4-13-16(14,15)9-2-8(10)5-12-6-9/h2,5-7,13H,3-4,11H2,1H3. The maximum Gasteiger partial charge on any atom is 0.242 e. The fraction of sp³-hybridized carbons (Fsp3) is 0.444. The van der Waals surface area contributed by atoms with Crippen LogP contribution < -0.4 is 10.5 Å². The average molecular weight is 247 g/mol. The molecule has 1 unspecified atom stereocenters. The Balaban J connectivity index is 2.78. The highest BCUT2D eigenvalue weighted by atomic mass is 32.2. The van der Waals surface area contributed by atoms with Gasteiger partial charge in [-0.3, -0.25) is 4.98 Å². The molecule has 1 rings (SSSR count). The molecule has 0 fully saturated rings. The Morgan fingerprint density at radius 1 is 1.56 bits per heavy atom. The Morgan fingerprint density at radius 2 is 2.25 bits per heavy atom. The van der Waals surface area contributed by atoms with Gasteiger partial charge in [-0.1, -0.05) is 6.92 Å². The van der Waals surface area contributed by atoms with Crippen molar-refractivity contribution in [1.29, 1.82) is 0 Å². The first-order valence-electron chi connectivity index (χ1n) is 4.76. The first-order valence-corrected chi connectivity index (χ1v) is 6.24. The van der Waals surface area contributed by atoms with Gasteiger partial charge in [-0.2, -0.15) is 0 Å². The normalized spacial score (nSPS) is 13.7. The van der Waals surface area contributed by atoms with Crippen molar-refractivity contribution in [3.63, 3.8) is 0 Å². The number of hydrogen-bond acceptors (Lipinski definition) is 4. The van der Waals surface area contributed by atoms with Crippen LogP contribution >= 0.6 is 0 Å². The molecule has 1 aromatic heterocycles. The van der Waals surface area contributed by atoms with E-state index in [-0.39, 0.29) is 17.4 Å². The number of pyridine rings is 1. The first kappa shape index (κ1) is 13.0. The van der Waals surface area contributed by atoms with Crippen LogP contribution in [-0.2, 0) is 10.0 Å². The zero-order valence-corrected chi connectivity index (χ0v) is 9.67. The summed E-state index contributed by atoms with van der Waals surface area (Å²) in [5, 5.41) is 0. The molecule has 0 amide bonds. The number of halogens is 1. The van der Waals surface area contributed by atoms with E-state index in [1.807, 2.05) is 6.92 Å². The van der Waals surface area contributed by atoms with Gasteiger partial charge in [0.25, 0.3) is 0 Å². The fourth-order valence-electron chi connectivity index (χ4n) is 0.958. The molecule has 0 spiro atoms. The summed E-state index contributed by atoms with van der Waals surface area (Å²) in [6, 6.07) is 0.919. The molecule has 0 saturated heterocycles. The largest absolute Gasteiger partial charge is 0.330 e. The molecule has 0 aliphatic heterocycles. The van der Waals surface area contributed by atoms with Crippen LogP contribution in [0.3, 0.4) is 0 Å². The number of rotatable bonds is 5. The van der Waals surface area contributed by atoms with E-state index in [2.05, 4.69) is 9.71 Å². The van der Waals surface area contributed by atoms with E-state index >= 15 is 0 Å². The molecule has 5 nitrogen and oxygen atoms in total. The lowest BCUT2D eigenvalue weighted by Gasteiger charge is -2.10. The summed E-state index contributed by atoms with van der Waals surface area (Å²) in [5.74, 6) is -0.661. The lowest BCUT2D eigenvalue weighted by atomic mass is 10.2. The minimum Gasteiger partial charge on any atom is -0.330 e. The third-order valence-electron chi connectivity index (χ3n) is 2.01. The van der Waals surface area contributed by atoms with Gasteiger partial charge in [-0.15, -0.1) is 0 Å². The number of nitrogens with one attached hydrogen (secondary N) is 1. The summed E-state index contributed by atoms with van der Waals surface area (Å²) in [7, 11) is -3.70. The van der Waals surface area contributed by atoms with Crippen molar-refractivity contribution in [2.45, 2.75) is 11.8 Å². The predicted molar refractivity (Wildman–Crippen MR) is 57.6 cm³/mol. The van der Waals surface area contributed by atoms with Crippen LogP contribution in [0, 0.1) is 11.7 Å². The van der Waals surface area contributed by atoms with E-state index in [9.17, 15) is 12.8 Å². The van der Waals surface area contributed by atoms with Gasteiger partial charge in [0.15, 0.2) is 0 Å². The lowest BCUT2D eigenvalue weighted by molar-refractivity contribution is 0.543. The predicted octanol–water partition coefficient (Wildman–Crippen LogP) is 0.0938. The molecule has 0 aliphatic rings. The highest BCUT2D eigenvalue weighted by Gasteiger charge is 2.15. The van der Waals surface area contributed by atoms with Gasteiger partial charge < -0.3 is 5.73 Å². The molecule has 0 aliphatic carbocycles. The van der Waals surface area contributed by atoms with Crippen molar-refractivity contribution in [2.24, 2.45) is 11.7 Å². The molecule has 90 valence electrons. The van der Waals surface area contributed by atoms with Crippen LogP contribution in [0.1, 0.15) is 6.92 Å². The Labute approximate surface area is 93.9 Å². The monoisotopic (exact) mass is 247 g/mol. The van der Waals surface area contributed by atoms with Gasteiger partial charge in [0.1, 0.15) is 10.7 Å². The summed E-state index contributed by atoms with van der Waals surface area (Å²) in [6.45, 7) is 2.41. The minimum atomic E-state index is -3.70. The molecule has 16 heavy (non-hydrogen) atoms. The third-order valence-corrected chi connectivity index (χ3v) is 3.40. The molecule has 3 N–H and O–H groups in total. The van der Waals surface area contributed by atoms with Gasteiger partial charge in [-0.05, 0) is 18.5 Å². The Hall–Kier alpha value is -1.05. The topological polar surface area (TPSA) is 85.1 Å². The van der Waals surface area contributed by atoms with E-state index in [0.29, 0.717) is 6.54 Å². The van der Waals surface area contributed by atoms with Crippen LogP contribution in [0.15, 0.2) is 23.4 Å². The smallest absolute Gasteiger partial charge is 0.242 e. The molecule has 0 bridgehead atoms. The van der Waals surface area contributed by atoms with Crippen molar-refractivity contribution >= 4 is 10.0 Å². The van der Waals surface area contributed by atoms with Crippen molar-refractivity contribution < 1.29 is 12.8 Å². The SMILES string of the molecule is CC(CN)CNS(=O)(=O)c1cncc(F)c1. The van der Waals surface area contributed by atoms with E-state index in [1.54, 1.807) is 0 Å². The van der Waals surface area contributed by atoms with Crippen molar-refractivity contribution in [1.82, 2.24) is 9.71 Å². The fourth-order valence-corrected chi connectivity index (χ4v) is 2.10. The molecule has 1 aromatic rings. The number of aromatic nitrogens is 1. The van der Waals surface area contributed by atoms with Gasteiger partial charge >= 0.3 is 0 Å². The van der Waals surface area contributed by atoms with Crippen LogP contribution in [0.5, 0.6) is 0 Å². The number of nitrogens with zero attached hydrogens (tertiary/aromatic N) is 1. The van der Waals surface area contributed by atoms with Crippen LogP contribution in [0.4, 0.5) is 4.39 Å². The average Bonchev–Trinajstić information content (AvgIpc) is 2.26.